The molecule has 1 aromatic rings. The van der Waals surface area contributed by atoms with Gasteiger partial charge in [-0.05, 0) is 0 Å². The van der Waals surface area contributed by atoms with Crippen molar-refractivity contribution in [1.29, 1.82) is 0 Å². The monoisotopic (exact) mass is 183 g/mol. The van der Waals surface area contributed by atoms with E-state index in [-0.39, 0.29) is 5.56 Å². The van der Waals surface area contributed by atoms with Crippen molar-refractivity contribution in [3.63, 3.8) is 0 Å². The molecule has 3 N–H and O–H groups in total. The highest BCUT2D eigenvalue weighted by molar-refractivity contribution is 5.68. The summed E-state index contributed by atoms with van der Waals surface area (Å²) < 4.78 is 13.5. The Morgan fingerprint density at radius 3 is 2.46 bits per heavy atom. The van der Waals surface area contributed by atoms with Crippen LogP contribution in [0.4, 0.5) is 4.39 Å². The van der Waals surface area contributed by atoms with Crippen LogP contribution in [0.5, 0.6) is 0 Å². The first kappa shape index (κ1) is 9.67. The fraction of sp³-hybridized carbons (Fsp3) is 0.222. The van der Waals surface area contributed by atoms with Crippen LogP contribution in [0.2, 0.25) is 0 Å². The fourth-order valence-corrected chi connectivity index (χ4v) is 1.04. The molecule has 0 saturated heterocycles. The molecular weight excluding hydrogens is 173 g/mol. The molecule has 1 atom stereocenters. The maximum absolute atomic E-state index is 13.5. The van der Waals surface area contributed by atoms with Crippen molar-refractivity contribution in [3.8, 4) is 0 Å². The molecule has 70 valence electrons. The molecule has 1 unspecified atom stereocenters. The molecule has 0 radical (unpaired) electrons. The molecule has 0 aliphatic rings. The number of carboxylic acids is 1. The number of alkyl halides is 1. The number of aliphatic carboxylic acids is 1. The van der Waals surface area contributed by atoms with Gasteiger partial charge in [0.25, 0.3) is 0 Å². The number of hydrogen-bond acceptors (Lipinski definition) is 2. The number of nitrogens with two attached hydrogens (primary N) is 1. The number of hydrogen-bond donors (Lipinski definition) is 2. The Bertz CT molecular complexity index is 298. The number of rotatable bonds is 3. The molecule has 0 aromatic heterocycles. The van der Waals surface area contributed by atoms with E-state index in [2.05, 4.69) is 0 Å². The lowest BCUT2D eigenvalue weighted by Gasteiger charge is -2.17. The van der Waals surface area contributed by atoms with E-state index in [4.69, 9.17) is 10.8 Å². The lowest BCUT2D eigenvalue weighted by Crippen LogP contribution is -2.33. The van der Waals surface area contributed by atoms with Crippen molar-refractivity contribution in [2.24, 2.45) is 5.73 Å². The first-order valence-corrected chi connectivity index (χ1v) is 3.77. The first-order chi connectivity index (χ1) is 6.02. The molecule has 0 bridgehead atoms. The van der Waals surface area contributed by atoms with E-state index in [0.29, 0.717) is 0 Å². The highest BCUT2D eigenvalue weighted by Gasteiger charge is 2.29. The summed E-state index contributed by atoms with van der Waals surface area (Å²) >= 11 is 0. The Balaban J connectivity index is 2.87. The largest absolute Gasteiger partial charge is 0.481 e. The highest BCUT2D eigenvalue weighted by atomic mass is 19.1. The Labute approximate surface area is 75.0 Å². The van der Waals surface area contributed by atoms with Crippen LogP contribution in [0.15, 0.2) is 30.3 Å². The summed E-state index contributed by atoms with van der Waals surface area (Å²) in [6.07, 6.45) is -0.725. The van der Waals surface area contributed by atoms with E-state index in [9.17, 15) is 9.18 Å². The van der Waals surface area contributed by atoms with Crippen LogP contribution >= 0.6 is 0 Å². The van der Waals surface area contributed by atoms with Gasteiger partial charge < -0.3 is 5.11 Å². The fourth-order valence-electron chi connectivity index (χ4n) is 1.04. The van der Waals surface area contributed by atoms with E-state index in [1.165, 1.54) is 12.1 Å². The summed E-state index contributed by atoms with van der Waals surface area (Å²) in [5, 5.41) is 8.39. The minimum Gasteiger partial charge on any atom is -0.481 e. The van der Waals surface area contributed by atoms with Gasteiger partial charge in [0.05, 0.1) is 6.42 Å². The average molecular weight is 183 g/mol. The summed E-state index contributed by atoms with van der Waals surface area (Å²) in [6.45, 7) is 0. The smallest absolute Gasteiger partial charge is 0.308 e. The van der Waals surface area contributed by atoms with E-state index < -0.39 is 18.2 Å². The van der Waals surface area contributed by atoms with Crippen molar-refractivity contribution in [1.82, 2.24) is 0 Å². The third-order valence-corrected chi connectivity index (χ3v) is 1.66. The molecule has 3 nitrogen and oxygen atoms in total. The minimum atomic E-state index is -2.28. The van der Waals surface area contributed by atoms with Crippen molar-refractivity contribution in [2.45, 2.75) is 12.2 Å². The van der Waals surface area contributed by atoms with Crippen molar-refractivity contribution in [3.05, 3.63) is 35.9 Å². The molecule has 1 aromatic carbocycles. The molecule has 0 heterocycles. The summed E-state index contributed by atoms with van der Waals surface area (Å²) in [4.78, 5) is 10.3. The number of carbonyl (C=O) groups is 1. The normalized spacial score (nSPS) is 14.9. The van der Waals surface area contributed by atoms with Gasteiger partial charge in [-0.2, -0.15) is 0 Å². The van der Waals surface area contributed by atoms with Gasteiger partial charge in [-0.1, -0.05) is 30.3 Å². The zero-order valence-electron chi connectivity index (χ0n) is 6.90. The number of benzene rings is 1. The van der Waals surface area contributed by atoms with Crippen molar-refractivity contribution in [2.75, 3.05) is 0 Å². The van der Waals surface area contributed by atoms with Crippen LogP contribution < -0.4 is 5.73 Å². The maximum atomic E-state index is 13.5. The van der Waals surface area contributed by atoms with Gasteiger partial charge in [-0.25, -0.2) is 4.39 Å². The van der Waals surface area contributed by atoms with Crippen molar-refractivity contribution >= 4 is 5.97 Å². The zero-order valence-corrected chi connectivity index (χ0v) is 6.90. The Kier molecular flexibility index (Phi) is 2.63. The molecule has 4 heteroatoms. The summed E-state index contributed by atoms with van der Waals surface area (Å²) in [5.41, 5.74) is 5.37. The third-order valence-electron chi connectivity index (χ3n) is 1.66. The van der Waals surface area contributed by atoms with Crippen LogP contribution in [0.1, 0.15) is 12.0 Å². The average Bonchev–Trinajstić information content (AvgIpc) is 2.04. The second-order valence-corrected chi connectivity index (χ2v) is 2.80. The first-order valence-electron chi connectivity index (χ1n) is 3.77. The SMILES string of the molecule is NC(F)(CC(=O)O)c1ccccc1. The van der Waals surface area contributed by atoms with E-state index in [1.807, 2.05) is 0 Å². The molecule has 0 spiro atoms. The van der Waals surface area contributed by atoms with Gasteiger partial charge in [0.1, 0.15) is 0 Å². The minimum absolute atomic E-state index is 0.178. The van der Waals surface area contributed by atoms with Gasteiger partial charge in [-0.15, -0.1) is 0 Å². The summed E-state index contributed by atoms with van der Waals surface area (Å²) in [7, 11) is 0. The quantitative estimate of drug-likeness (QED) is 0.693. The van der Waals surface area contributed by atoms with Crippen LogP contribution in [0.25, 0.3) is 0 Å². The second-order valence-electron chi connectivity index (χ2n) is 2.80. The maximum Gasteiger partial charge on any atom is 0.308 e. The topological polar surface area (TPSA) is 63.3 Å². The Hall–Kier alpha value is -1.42. The van der Waals surface area contributed by atoms with Crippen LogP contribution in [-0.2, 0) is 10.6 Å². The summed E-state index contributed by atoms with van der Waals surface area (Å²) in [6, 6.07) is 7.85. The van der Waals surface area contributed by atoms with Gasteiger partial charge in [-0.3, -0.25) is 10.5 Å². The third kappa shape index (κ3) is 2.52. The highest BCUT2D eigenvalue weighted by Crippen LogP contribution is 2.23. The lowest BCUT2D eigenvalue weighted by atomic mass is 10.0. The summed E-state index contributed by atoms with van der Waals surface area (Å²) in [5.74, 6) is -3.54. The molecule has 0 fully saturated rings. The van der Waals surface area contributed by atoms with Gasteiger partial charge in [0.2, 0.25) is 0 Å². The van der Waals surface area contributed by atoms with Crippen LogP contribution in [0.3, 0.4) is 0 Å². The van der Waals surface area contributed by atoms with E-state index >= 15 is 0 Å². The molecule has 0 saturated carbocycles. The van der Waals surface area contributed by atoms with Gasteiger partial charge >= 0.3 is 5.97 Å². The van der Waals surface area contributed by atoms with Crippen molar-refractivity contribution < 1.29 is 14.3 Å². The van der Waals surface area contributed by atoms with Gasteiger partial charge in [0.15, 0.2) is 5.79 Å². The van der Waals surface area contributed by atoms with E-state index in [1.54, 1.807) is 18.2 Å². The lowest BCUT2D eigenvalue weighted by molar-refractivity contribution is -0.140. The zero-order chi connectivity index (χ0) is 9.90. The molecule has 0 aliphatic carbocycles. The van der Waals surface area contributed by atoms with Crippen LogP contribution in [0, 0.1) is 0 Å². The molecule has 0 aliphatic heterocycles. The second kappa shape index (κ2) is 3.53. The molecular formula is C9H10FNO2. The predicted octanol–water partition coefficient (Wildman–Crippen LogP) is 1.24. The van der Waals surface area contributed by atoms with Gasteiger partial charge in [0, 0.05) is 5.56 Å². The Morgan fingerprint density at radius 2 is 2.00 bits per heavy atom. The number of carboxylic acid groups (broad SMARTS) is 1. The predicted molar refractivity (Wildman–Crippen MR) is 45.7 cm³/mol. The molecule has 1 rings (SSSR count). The van der Waals surface area contributed by atoms with Crippen LogP contribution in [-0.4, -0.2) is 11.1 Å². The standard InChI is InChI=1S/C9H10FNO2/c10-9(11,6-8(12)13)7-4-2-1-3-5-7/h1-5H,6,11H2,(H,12,13). The Morgan fingerprint density at radius 1 is 1.46 bits per heavy atom. The number of halogens is 1. The molecule has 13 heavy (non-hydrogen) atoms. The van der Waals surface area contributed by atoms with E-state index in [0.717, 1.165) is 0 Å². The molecule has 0 amide bonds.